The number of hydrogen-bond donors (Lipinski definition) is 3. The van der Waals surface area contributed by atoms with Crippen LogP contribution in [0, 0.1) is 0 Å². The maximum atomic E-state index is 12.5. The van der Waals surface area contributed by atoms with Crippen LogP contribution < -0.4 is 15.4 Å². The van der Waals surface area contributed by atoms with Gasteiger partial charge in [-0.25, -0.2) is 4.98 Å². The molecule has 0 bridgehead atoms. The van der Waals surface area contributed by atoms with Crippen molar-refractivity contribution in [3.63, 3.8) is 0 Å². The van der Waals surface area contributed by atoms with Gasteiger partial charge >= 0.3 is 6.18 Å². The number of rotatable bonds is 9. The van der Waals surface area contributed by atoms with E-state index in [1.54, 1.807) is 6.92 Å². The standard InChI is InChI=1S/C19H30F3N5O3/c1-3-23-17(26-13-18(2,28)14-27-7-10-29-11-8-27)24-6-9-30-16-5-4-15(12-25-16)19(20,21)22/h4-5,12,28H,3,6-11,13-14H2,1-2H3,(H2,23,24,26). The fourth-order valence-corrected chi connectivity index (χ4v) is 2.84. The Morgan fingerprint density at radius 3 is 2.63 bits per heavy atom. The van der Waals surface area contributed by atoms with Crippen LogP contribution in [0.5, 0.6) is 5.88 Å². The molecule has 1 atom stereocenters. The molecular weight excluding hydrogens is 403 g/mol. The normalized spacial score (nSPS) is 18.0. The van der Waals surface area contributed by atoms with Crippen LogP contribution in [-0.2, 0) is 10.9 Å². The zero-order valence-electron chi connectivity index (χ0n) is 17.3. The molecule has 0 radical (unpaired) electrons. The number of nitrogens with one attached hydrogen (secondary N) is 2. The van der Waals surface area contributed by atoms with E-state index < -0.39 is 17.3 Å². The molecule has 0 saturated carbocycles. The molecule has 1 unspecified atom stereocenters. The maximum Gasteiger partial charge on any atom is 0.417 e. The van der Waals surface area contributed by atoms with Gasteiger partial charge in [-0.3, -0.25) is 9.89 Å². The summed E-state index contributed by atoms with van der Waals surface area (Å²) in [6, 6.07) is 2.11. The van der Waals surface area contributed by atoms with Crippen molar-refractivity contribution in [1.82, 2.24) is 20.5 Å². The Kier molecular flexibility index (Phi) is 9.12. The number of morpholine rings is 1. The maximum absolute atomic E-state index is 12.5. The van der Waals surface area contributed by atoms with Gasteiger partial charge in [0, 0.05) is 38.4 Å². The number of β-amino-alcohol motifs (C(OH)–C–C–N with tert-alkyl or cyclic N) is 1. The highest BCUT2D eigenvalue weighted by Crippen LogP contribution is 2.29. The van der Waals surface area contributed by atoms with Crippen molar-refractivity contribution in [2.24, 2.45) is 4.99 Å². The minimum atomic E-state index is -4.42. The molecule has 11 heteroatoms. The van der Waals surface area contributed by atoms with Gasteiger partial charge in [0.2, 0.25) is 5.88 Å². The van der Waals surface area contributed by atoms with Gasteiger partial charge in [-0.1, -0.05) is 0 Å². The smallest absolute Gasteiger partial charge is 0.417 e. The molecule has 1 saturated heterocycles. The fourth-order valence-electron chi connectivity index (χ4n) is 2.84. The van der Waals surface area contributed by atoms with Crippen LogP contribution in [0.15, 0.2) is 23.3 Å². The number of halogens is 3. The van der Waals surface area contributed by atoms with Crippen LogP contribution in [0.1, 0.15) is 19.4 Å². The number of guanidine groups is 1. The van der Waals surface area contributed by atoms with Crippen molar-refractivity contribution < 1.29 is 27.8 Å². The van der Waals surface area contributed by atoms with Gasteiger partial charge < -0.3 is 25.2 Å². The third-order valence-electron chi connectivity index (χ3n) is 4.30. The predicted octanol–water partition coefficient (Wildman–Crippen LogP) is 1.12. The molecule has 2 rings (SSSR count). The number of pyridine rings is 1. The van der Waals surface area contributed by atoms with Crippen molar-refractivity contribution in [3.05, 3.63) is 23.9 Å². The van der Waals surface area contributed by atoms with E-state index in [2.05, 4.69) is 25.5 Å². The van der Waals surface area contributed by atoms with E-state index in [1.807, 2.05) is 6.92 Å². The summed E-state index contributed by atoms with van der Waals surface area (Å²) in [5, 5.41) is 16.8. The molecule has 30 heavy (non-hydrogen) atoms. The van der Waals surface area contributed by atoms with Gasteiger partial charge in [0.05, 0.1) is 37.5 Å². The van der Waals surface area contributed by atoms with Gasteiger partial charge in [-0.2, -0.15) is 13.2 Å². The van der Waals surface area contributed by atoms with Gasteiger partial charge in [-0.05, 0) is 19.9 Å². The van der Waals surface area contributed by atoms with Crippen molar-refractivity contribution in [3.8, 4) is 5.88 Å². The summed E-state index contributed by atoms with van der Waals surface area (Å²) in [5.41, 5.74) is -1.81. The Hall–Kier alpha value is -2.11. The fraction of sp³-hybridized carbons (Fsp3) is 0.684. The van der Waals surface area contributed by atoms with Crippen molar-refractivity contribution in [2.75, 3.05) is 59.1 Å². The molecule has 2 heterocycles. The van der Waals surface area contributed by atoms with E-state index in [4.69, 9.17) is 9.47 Å². The minimum Gasteiger partial charge on any atom is -0.476 e. The summed E-state index contributed by atoms with van der Waals surface area (Å²) in [6.07, 6.45) is -3.68. The van der Waals surface area contributed by atoms with Gasteiger partial charge in [0.1, 0.15) is 6.61 Å². The van der Waals surface area contributed by atoms with Crippen LogP contribution in [-0.4, -0.2) is 85.6 Å². The Morgan fingerprint density at radius 1 is 1.30 bits per heavy atom. The second kappa shape index (κ2) is 11.3. The summed E-state index contributed by atoms with van der Waals surface area (Å²) < 4.78 is 48.3. The second-order valence-electron chi connectivity index (χ2n) is 7.24. The molecule has 1 aliphatic heterocycles. The molecule has 0 aromatic carbocycles. The average Bonchev–Trinajstić information content (AvgIpc) is 2.69. The monoisotopic (exact) mass is 433 g/mol. The molecule has 0 amide bonds. The average molecular weight is 433 g/mol. The Balaban J connectivity index is 1.77. The zero-order chi connectivity index (χ0) is 22.0. The molecule has 0 spiro atoms. The lowest BCUT2D eigenvalue weighted by atomic mass is 10.1. The highest BCUT2D eigenvalue weighted by Gasteiger charge is 2.30. The van der Waals surface area contributed by atoms with Gasteiger partial charge in [-0.15, -0.1) is 0 Å². The Morgan fingerprint density at radius 2 is 2.03 bits per heavy atom. The SMILES string of the molecule is CCNC(=NCC(C)(O)CN1CCOCC1)NCCOc1ccc(C(F)(F)F)cn1. The first-order chi connectivity index (χ1) is 14.2. The largest absolute Gasteiger partial charge is 0.476 e. The molecule has 1 aromatic heterocycles. The van der Waals surface area contributed by atoms with Crippen molar-refractivity contribution in [2.45, 2.75) is 25.6 Å². The Labute approximate surface area is 174 Å². The lowest BCUT2D eigenvalue weighted by molar-refractivity contribution is -0.137. The number of aromatic nitrogens is 1. The summed E-state index contributed by atoms with van der Waals surface area (Å²) in [5.74, 6) is 0.629. The van der Waals surface area contributed by atoms with Crippen molar-refractivity contribution >= 4 is 5.96 Å². The van der Waals surface area contributed by atoms with E-state index in [0.717, 1.165) is 25.4 Å². The number of nitrogens with zero attached hydrogens (tertiary/aromatic N) is 3. The summed E-state index contributed by atoms with van der Waals surface area (Å²) >= 11 is 0. The molecule has 170 valence electrons. The van der Waals surface area contributed by atoms with Crippen LogP contribution in [0.3, 0.4) is 0 Å². The lowest BCUT2D eigenvalue weighted by Gasteiger charge is -2.33. The summed E-state index contributed by atoms with van der Waals surface area (Å²) in [6.45, 7) is 8.46. The highest BCUT2D eigenvalue weighted by molar-refractivity contribution is 5.79. The third kappa shape index (κ3) is 8.72. The molecule has 3 N–H and O–H groups in total. The minimum absolute atomic E-state index is 0.111. The number of aliphatic hydroxyl groups is 1. The lowest BCUT2D eigenvalue weighted by Crippen LogP contribution is -2.48. The number of hydrogen-bond acceptors (Lipinski definition) is 6. The number of ether oxygens (including phenoxy) is 2. The number of alkyl halides is 3. The van der Waals surface area contributed by atoms with Crippen molar-refractivity contribution in [1.29, 1.82) is 0 Å². The molecule has 1 aromatic rings. The number of aliphatic imine (C=N–C) groups is 1. The van der Waals surface area contributed by atoms with Crippen LogP contribution in [0.4, 0.5) is 13.2 Å². The Bertz CT molecular complexity index is 662. The van der Waals surface area contributed by atoms with Crippen LogP contribution in [0.25, 0.3) is 0 Å². The highest BCUT2D eigenvalue weighted by atomic mass is 19.4. The van der Waals surface area contributed by atoms with Crippen LogP contribution >= 0.6 is 0 Å². The first-order valence-corrected chi connectivity index (χ1v) is 9.90. The second-order valence-corrected chi connectivity index (χ2v) is 7.24. The first-order valence-electron chi connectivity index (χ1n) is 9.90. The topological polar surface area (TPSA) is 91.2 Å². The van der Waals surface area contributed by atoms with Gasteiger partial charge in [0.15, 0.2) is 5.96 Å². The van der Waals surface area contributed by atoms with Crippen LogP contribution in [0.2, 0.25) is 0 Å². The van der Waals surface area contributed by atoms with E-state index in [9.17, 15) is 18.3 Å². The molecule has 8 nitrogen and oxygen atoms in total. The van der Waals surface area contributed by atoms with Gasteiger partial charge in [0.25, 0.3) is 0 Å². The summed E-state index contributed by atoms with van der Waals surface area (Å²) in [4.78, 5) is 10.2. The molecule has 1 aliphatic rings. The molecule has 1 fully saturated rings. The zero-order valence-corrected chi connectivity index (χ0v) is 17.3. The van der Waals surface area contributed by atoms with E-state index >= 15 is 0 Å². The first kappa shape index (κ1) is 24.2. The molecular formula is C19H30F3N5O3. The van der Waals surface area contributed by atoms with E-state index in [1.165, 1.54) is 6.07 Å². The predicted molar refractivity (Wildman–Crippen MR) is 107 cm³/mol. The quantitative estimate of drug-likeness (QED) is 0.305. The van der Waals surface area contributed by atoms with E-state index in [-0.39, 0.29) is 19.0 Å². The van der Waals surface area contributed by atoms with E-state index in [0.29, 0.717) is 38.8 Å². The summed E-state index contributed by atoms with van der Waals surface area (Å²) in [7, 11) is 0. The molecule has 0 aliphatic carbocycles. The third-order valence-corrected chi connectivity index (χ3v) is 4.30.